The molecular weight excluding hydrogens is 363 g/mol. The van der Waals surface area contributed by atoms with E-state index in [-0.39, 0.29) is 12.4 Å². The summed E-state index contributed by atoms with van der Waals surface area (Å²) in [5, 5.41) is 13.2. The second-order valence-electron chi connectivity index (χ2n) is 7.20. The number of nitrogens with one attached hydrogen (secondary N) is 1. The van der Waals surface area contributed by atoms with Crippen molar-refractivity contribution in [2.75, 3.05) is 6.54 Å². The van der Waals surface area contributed by atoms with E-state index in [9.17, 15) is 14.3 Å². The minimum atomic E-state index is -0.972. The maximum absolute atomic E-state index is 13.1. The van der Waals surface area contributed by atoms with Crippen LogP contribution in [0.5, 0.6) is 11.5 Å². The van der Waals surface area contributed by atoms with Gasteiger partial charge in [-0.15, -0.1) is 0 Å². The van der Waals surface area contributed by atoms with Crippen molar-refractivity contribution in [3.63, 3.8) is 0 Å². The number of benzene rings is 2. The van der Waals surface area contributed by atoms with Crippen LogP contribution in [-0.2, 0) is 17.9 Å². The summed E-state index contributed by atoms with van der Waals surface area (Å²) in [5.41, 5.74) is 5.70. The highest BCUT2D eigenvalue weighted by atomic mass is 19.1. The lowest BCUT2D eigenvalue weighted by molar-refractivity contribution is -0.117. The van der Waals surface area contributed by atoms with Crippen LogP contribution in [0, 0.1) is 5.82 Å². The normalized spacial score (nSPS) is 11.7. The molecule has 0 atom stereocenters. The van der Waals surface area contributed by atoms with Gasteiger partial charge < -0.3 is 25.5 Å². The molecule has 0 radical (unpaired) electrons. The third kappa shape index (κ3) is 5.05. The number of aliphatic hydroxyl groups is 1. The Morgan fingerprint density at radius 3 is 2.57 bits per heavy atom. The number of carbonyl (C=O) groups is 1. The number of hydrogen-bond donors (Lipinski definition) is 3. The van der Waals surface area contributed by atoms with Crippen LogP contribution in [0.3, 0.4) is 0 Å². The van der Waals surface area contributed by atoms with Gasteiger partial charge in [0.15, 0.2) is 0 Å². The number of hydrogen-bond acceptors (Lipinski definition) is 5. The van der Waals surface area contributed by atoms with Crippen molar-refractivity contribution in [3.8, 4) is 11.5 Å². The van der Waals surface area contributed by atoms with Gasteiger partial charge in [0.05, 0.1) is 36.3 Å². The van der Waals surface area contributed by atoms with E-state index in [2.05, 4.69) is 10.3 Å². The molecule has 0 saturated heterocycles. The molecule has 8 heteroatoms. The summed E-state index contributed by atoms with van der Waals surface area (Å²) in [6.45, 7) is 4.07. The summed E-state index contributed by atoms with van der Waals surface area (Å²) in [6, 6.07) is 11.2. The maximum atomic E-state index is 13.1. The zero-order chi connectivity index (χ0) is 20.3. The summed E-state index contributed by atoms with van der Waals surface area (Å²) in [4.78, 5) is 15.6. The first-order chi connectivity index (χ1) is 13.2. The van der Waals surface area contributed by atoms with Gasteiger partial charge in [0.2, 0.25) is 5.91 Å². The summed E-state index contributed by atoms with van der Waals surface area (Å²) in [6.07, 6.45) is 0. The van der Waals surface area contributed by atoms with Gasteiger partial charge in [-0.3, -0.25) is 4.79 Å². The van der Waals surface area contributed by atoms with E-state index in [4.69, 9.17) is 10.5 Å². The lowest BCUT2D eigenvalue weighted by atomic mass is 10.1. The molecule has 4 N–H and O–H groups in total. The van der Waals surface area contributed by atoms with Crippen LogP contribution in [0.1, 0.15) is 19.7 Å². The zero-order valence-corrected chi connectivity index (χ0v) is 15.8. The van der Waals surface area contributed by atoms with E-state index in [1.165, 1.54) is 12.1 Å². The van der Waals surface area contributed by atoms with Crippen LogP contribution in [0.4, 0.5) is 4.39 Å². The number of nitrogens with zero attached hydrogens (tertiary/aromatic N) is 2. The maximum Gasteiger partial charge on any atom is 0.231 e. The predicted molar refractivity (Wildman–Crippen MR) is 103 cm³/mol. The molecule has 7 nitrogen and oxygen atoms in total. The highest BCUT2D eigenvalue weighted by Gasteiger charge is 2.19. The van der Waals surface area contributed by atoms with Gasteiger partial charge in [-0.25, -0.2) is 9.37 Å². The van der Waals surface area contributed by atoms with Gasteiger partial charge in [0.25, 0.3) is 0 Å². The fourth-order valence-corrected chi connectivity index (χ4v) is 2.85. The number of imidazole rings is 1. The number of amides is 1. The van der Waals surface area contributed by atoms with Gasteiger partial charge in [0, 0.05) is 6.07 Å². The van der Waals surface area contributed by atoms with Crippen molar-refractivity contribution >= 4 is 16.9 Å². The molecule has 0 bridgehead atoms. The van der Waals surface area contributed by atoms with E-state index in [1.807, 2.05) is 16.7 Å². The Morgan fingerprint density at radius 1 is 1.25 bits per heavy atom. The van der Waals surface area contributed by atoms with Gasteiger partial charge >= 0.3 is 0 Å². The Kier molecular flexibility index (Phi) is 5.62. The lowest BCUT2D eigenvalue weighted by Crippen LogP contribution is -2.31. The number of halogens is 1. The number of carbonyl (C=O) groups excluding carboxylic acids is 1. The monoisotopic (exact) mass is 386 g/mol. The average molecular weight is 386 g/mol. The van der Waals surface area contributed by atoms with Crippen LogP contribution in [0.15, 0.2) is 42.5 Å². The number of fused-ring (bicyclic) bond motifs is 1. The van der Waals surface area contributed by atoms with Crippen molar-refractivity contribution < 1.29 is 19.0 Å². The van der Waals surface area contributed by atoms with Crippen LogP contribution in [0.25, 0.3) is 11.0 Å². The highest BCUT2D eigenvalue weighted by Crippen LogP contribution is 2.27. The molecule has 1 aromatic heterocycles. The van der Waals surface area contributed by atoms with Crippen molar-refractivity contribution in [1.82, 2.24) is 14.9 Å². The topological polar surface area (TPSA) is 102 Å². The molecule has 0 saturated carbocycles. The second kappa shape index (κ2) is 7.95. The van der Waals surface area contributed by atoms with Crippen LogP contribution < -0.4 is 15.8 Å². The van der Waals surface area contributed by atoms with Gasteiger partial charge in [-0.1, -0.05) is 0 Å². The molecule has 1 amide bonds. The van der Waals surface area contributed by atoms with Crippen LogP contribution in [-0.4, -0.2) is 32.7 Å². The largest absolute Gasteiger partial charge is 0.457 e. The van der Waals surface area contributed by atoms with Gasteiger partial charge in [-0.05, 0) is 50.2 Å². The minimum absolute atomic E-state index is 0.0324. The number of primary amides is 1. The Bertz CT molecular complexity index is 978. The SMILES string of the molecule is CC(C)(O)Cn1c(CNCC(N)=O)nc2ccc(Oc3ccc(F)cc3)cc21. The third-order valence-electron chi connectivity index (χ3n) is 3.98. The molecule has 0 spiro atoms. The fraction of sp³-hybridized carbons (Fsp3) is 0.300. The molecular formula is C20H23FN4O3. The first-order valence-corrected chi connectivity index (χ1v) is 8.85. The number of nitrogens with two attached hydrogens (primary N) is 1. The Labute approximate surface area is 161 Å². The van der Waals surface area contributed by atoms with E-state index in [0.29, 0.717) is 30.4 Å². The molecule has 2 aromatic carbocycles. The second-order valence-corrected chi connectivity index (χ2v) is 7.20. The van der Waals surface area contributed by atoms with Crippen molar-refractivity contribution in [1.29, 1.82) is 0 Å². The Hall–Kier alpha value is -2.97. The van der Waals surface area contributed by atoms with Crippen molar-refractivity contribution in [3.05, 3.63) is 54.1 Å². The number of ether oxygens (including phenoxy) is 1. The summed E-state index contributed by atoms with van der Waals surface area (Å²) < 4.78 is 20.8. The van der Waals surface area contributed by atoms with Crippen molar-refractivity contribution in [2.45, 2.75) is 32.5 Å². The molecule has 0 aliphatic rings. The third-order valence-corrected chi connectivity index (χ3v) is 3.98. The first kappa shape index (κ1) is 19.8. The molecule has 3 rings (SSSR count). The van der Waals surface area contributed by atoms with Crippen LogP contribution >= 0.6 is 0 Å². The Morgan fingerprint density at radius 2 is 1.93 bits per heavy atom. The van der Waals surface area contributed by atoms with Gasteiger partial charge in [0.1, 0.15) is 23.1 Å². The molecule has 0 fully saturated rings. The van der Waals surface area contributed by atoms with E-state index < -0.39 is 11.5 Å². The molecule has 0 unspecified atom stereocenters. The lowest BCUT2D eigenvalue weighted by Gasteiger charge is -2.20. The molecule has 148 valence electrons. The zero-order valence-electron chi connectivity index (χ0n) is 15.8. The number of aromatic nitrogens is 2. The van der Waals surface area contributed by atoms with Gasteiger partial charge in [-0.2, -0.15) is 0 Å². The van der Waals surface area contributed by atoms with E-state index in [1.54, 1.807) is 32.0 Å². The smallest absolute Gasteiger partial charge is 0.231 e. The quantitative estimate of drug-likeness (QED) is 0.551. The standard InChI is InChI=1S/C20H23FN4O3/c1-20(2,27)12-25-17-9-15(28-14-5-3-13(21)4-6-14)7-8-16(17)24-19(25)11-23-10-18(22)26/h3-9,23,27H,10-12H2,1-2H3,(H2,22,26). The first-order valence-electron chi connectivity index (χ1n) is 8.85. The van der Waals surface area contributed by atoms with E-state index in [0.717, 1.165) is 11.0 Å². The average Bonchev–Trinajstić information content (AvgIpc) is 2.92. The summed E-state index contributed by atoms with van der Waals surface area (Å²) in [5.74, 6) is 0.946. The molecule has 0 aliphatic heterocycles. The predicted octanol–water partition coefficient (Wildman–Crippen LogP) is 2.31. The summed E-state index contributed by atoms with van der Waals surface area (Å²) in [7, 11) is 0. The van der Waals surface area contributed by atoms with Crippen molar-refractivity contribution in [2.24, 2.45) is 5.73 Å². The van der Waals surface area contributed by atoms with Crippen LogP contribution in [0.2, 0.25) is 0 Å². The fourth-order valence-electron chi connectivity index (χ4n) is 2.85. The Balaban J connectivity index is 1.93. The highest BCUT2D eigenvalue weighted by molar-refractivity contribution is 5.78. The number of rotatable bonds is 8. The molecule has 3 aromatic rings. The molecule has 0 aliphatic carbocycles. The van der Waals surface area contributed by atoms with E-state index >= 15 is 0 Å². The molecule has 1 heterocycles. The minimum Gasteiger partial charge on any atom is -0.457 e. The summed E-state index contributed by atoms with van der Waals surface area (Å²) >= 11 is 0. The molecule has 28 heavy (non-hydrogen) atoms.